The van der Waals surface area contributed by atoms with E-state index in [9.17, 15) is 9.90 Å². The molecule has 0 bridgehead atoms. The van der Waals surface area contributed by atoms with Crippen LogP contribution in [0.1, 0.15) is 77.3 Å². The summed E-state index contributed by atoms with van der Waals surface area (Å²) >= 11 is 0. The van der Waals surface area contributed by atoms with Gasteiger partial charge in [-0.15, -0.1) is 0 Å². The lowest BCUT2D eigenvalue weighted by atomic mass is 9.65. The molecule has 0 aromatic heterocycles. The fourth-order valence-corrected chi connectivity index (χ4v) is 5.44. The number of amides is 1. The van der Waals surface area contributed by atoms with Crippen LogP contribution < -0.4 is 0 Å². The molecule has 2 aromatic rings. The number of hydrogen-bond acceptors (Lipinski definition) is 4. The molecule has 2 saturated heterocycles. The normalized spacial score (nSPS) is 26.9. The predicted molar refractivity (Wildman–Crippen MR) is 128 cm³/mol. The fourth-order valence-electron chi connectivity index (χ4n) is 5.44. The lowest BCUT2D eigenvalue weighted by Crippen LogP contribution is -2.60. The van der Waals surface area contributed by atoms with Crippen LogP contribution in [0.5, 0.6) is 0 Å². The second-order valence-electron chi connectivity index (χ2n) is 10.6. The fraction of sp³-hybridized carbons (Fsp3) is 0.536. The minimum absolute atomic E-state index is 0.0477. The Morgan fingerprint density at radius 1 is 0.909 bits per heavy atom. The van der Waals surface area contributed by atoms with E-state index in [2.05, 4.69) is 6.92 Å². The molecule has 5 nitrogen and oxygen atoms in total. The Morgan fingerprint density at radius 2 is 1.48 bits per heavy atom. The van der Waals surface area contributed by atoms with Gasteiger partial charge >= 0.3 is 0 Å². The minimum atomic E-state index is -1.70. The standard InChI is InChI=1S/C28H37NO4/c1-5-6-7-14-19-26-20-27(22-15-10-8-11-16-22,23-17-12-9-13-18-23)32-33-28(26,31)21-29(24(26)30)25(2,3)4/h8-13,15-18,31H,5-7,14,19-21H2,1-4H3. The highest BCUT2D eigenvalue weighted by molar-refractivity contribution is 5.87. The van der Waals surface area contributed by atoms with Crippen molar-refractivity contribution in [3.05, 3.63) is 71.8 Å². The smallest absolute Gasteiger partial charge is 0.235 e. The minimum Gasteiger partial charge on any atom is -0.361 e. The molecular weight excluding hydrogens is 414 g/mol. The Balaban J connectivity index is 1.85. The molecule has 1 N–H and O–H groups in total. The summed E-state index contributed by atoms with van der Waals surface area (Å²) in [6, 6.07) is 19.8. The molecule has 0 radical (unpaired) electrons. The molecule has 2 aromatic carbocycles. The summed E-state index contributed by atoms with van der Waals surface area (Å²) < 4.78 is 0. The molecule has 0 aliphatic carbocycles. The van der Waals surface area contributed by atoms with Gasteiger partial charge in [0.25, 0.3) is 0 Å². The van der Waals surface area contributed by atoms with Crippen molar-refractivity contribution in [2.75, 3.05) is 6.54 Å². The number of likely N-dealkylation sites (tertiary alicyclic amines) is 1. The highest BCUT2D eigenvalue weighted by atomic mass is 17.2. The number of fused-ring (bicyclic) bond motifs is 1. The molecule has 4 rings (SSSR count). The molecule has 1 amide bonds. The van der Waals surface area contributed by atoms with Crippen molar-refractivity contribution < 1.29 is 19.7 Å². The van der Waals surface area contributed by atoms with Gasteiger partial charge in [0.1, 0.15) is 5.41 Å². The van der Waals surface area contributed by atoms with Gasteiger partial charge in [-0.1, -0.05) is 93.3 Å². The molecule has 178 valence electrons. The number of aliphatic hydroxyl groups is 1. The highest BCUT2D eigenvalue weighted by Crippen LogP contribution is 2.59. The van der Waals surface area contributed by atoms with Crippen molar-refractivity contribution in [2.24, 2.45) is 5.41 Å². The summed E-state index contributed by atoms with van der Waals surface area (Å²) in [7, 11) is 0. The number of β-amino-alcohol motifs (C(OH)–C–C–N with tert-alkyl or cyclic N) is 1. The van der Waals surface area contributed by atoms with Crippen LogP contribution in [0.25, 0.3) is 0 Å². The Hall–Kier alpha value is -2.21. The second-order valence-corrected chi connectivity index (χ2v) is 10.6. The van der Waals surface area contributed by atoms with E-state index >= 15 is 0 Å². The zero-order valence-corrected chi connectivity index (χ0v) is 20.3. The third-order valence-electron chi connectivity index (χ3n) is 7.39. The third kappa shape index (κ3) is 4.01. The zero-order valence-electron chi connectivity index (χ0n) is 20.3. The van der Waals surface area contributed by atoms with Crippen LogP contribution >= 0.6 is 0 Å². The van der Waals surface area contributed by atoms with Crippen molar-refractivity contribution in [1.82, 2.24) is 4.90 Å². The van der Waals surface area contributed by atoms with E-state index in [1.165, 1.54) is 0 Å². The number of carbonyl (C=O) groups excluding carboxylic acids is 1. The monoisotopic (exact) mass is 451 g/mol. The first kappa shape index (κ1) is 23.9. The summed E-state index contributed by atoms with van der Waals surface area (Å²) in [4.78, 5) is 28.1. The topological polar surface area (TPSA) is 59.0 Å². The van der Waals surface area contributed by atoms with Gasteiger partial charge in [-0.05, 0) is 38.3 Å². The molecule has 2 aliphatic heterocycles. The van der Waals surface area contributed by atoms with E-state index in [4.69, 9.17) is 9.78 Å². The molecule has 0 spiro atoms. The van der Waals surface area contributed by atoms with E-state index in [-0.39, 0.29) is 12.5 Å². The number of benzene rings is 2. The van der Waals surface area contributed by atoms with Crippen LogP contribution in [0.2, 0.25) is 0 Å². The van der Waals surface area contributed by atoms with E-state index in [1.807, 2.05) is 81.4 Å². The maximum Gasteiger partial charge on any atom is 0.235 e. The van der Waals surface area contributed by atoms with Gasteiger partial charge in [0.05, 0.1) is 6.54 Å². The summed E-state index contributed by atoms with van der Waals surface area (Å²) in [5.74, 6) is -1.75. The van der Waals surface area contributed by atoms with Crippen LogP contribution in [-0.2, 0) is 20.2 Å². The molecule has 0 saturated carbocycles. The first-order chi connectivity index (χ1) is 15.7. The average Bonchev–Trinajstić information content (AvgIpc) is 3.05. The molecule has 2 unspecified atom stereocenters. The summed E-state index contributed by atoms with van der Waals surface area (Å²) in [5, 5.41) is 11.8. The van der Waals surface area contributed by atoms with Gasteiger partial charge in [0.2, 0.25) is 11.7 Å². The van der Waals surface area contributed by atoms with E-state index < -0.39 is 22.3 Å². The molecule has 33 heavy (non-hydrogen) atoms. The number of hydrogen-bond donors (Lipinski definition) is 1. The SMILES string of the molecule is CCCCCCC12CC(c3ccccc3)(c3ccccc3)OOC1(O)CN(C(C)(C)C)C2=O. The van der Waals surface area contributed by atoms with Crippen LogP contribution in [0, 0.1) is 5.41 Å². The molecule has 2 atom stereocenters. The summed E-state index contributed by atoms with van der Waals surface area (Å²) in [6.45, 7) is 8.27. The molecule has 2 heterocycles. The third-order valence-corrected chi connectivity index (χ3v) is 7.39. The Kier molecular flexibility index (Phi) is 6.43. The van der Waals surface area contributed by atoms with E-state index in [1.54, 1.807) is 4.90 Å². The molecular formula is C28H37NO4. The summed E-state index contributed by atoms with van der Waals surface area (Å²) in [5.41, 5.74) is -0.714. The summed E-state index contributed by atoms with van der Waals surface area (Å²) in [6.07, 6.45) is 4.95. The number of carbonyl (C=O) groups is 1. The van der Waals surface area contributed by atoms with Crippen molar-refractivity contribution >= 4 is 5.91 Å². The van der Waals surface area contributed by atoms with Crippen LogP contribution in [0.15, 0.2) is 60.7 Å². The second kappa shape index (κ2) is 8.86. The predicted octanol–water partition coefficient (Wildman–Crippen LogP) is 5.57. The first-order valence-electron chi connectivity index (χ1n) is 12.2. The van der Waals surface area contributed by atoms with Gasteiger partial charge in [-0.25, -0.2) is 4.89 Å². The maximum atomic E-state index is 14.2. The highest BCUT2D eigenvalue weighted by Gasteiger charge is 2.71. The van der Waals surface area contributed by atoms with Crippen LogP contribution in [-0.4, -0.2) is 33.8 Å². The Morgan fingerprint density at radius 3 is 2.00 bits per heavy atom. The number of nitrogens with zero attached hydrogens (tertiary/aromatic N) is 1. The van der Waals surface area contributed by atoms with Crippen molar-refractivity contribution in [3.63, 3.8) is 0 Å². The molecule has 2 fully saturated rings. The largest absolute Gasteiger partial charge is 0.361 e. The van der Waals surface area contributed by atoms with E-state index in [0.29, 0.717) is 12.8 Å². The molecule has 2 aliphatic rings. The molecule has 5 heteroatoms. The lowest BCUT2D eigenvalue weighted by molar-refractivity contribution is -0.503. The number of rotatable bonds is 7. The quantitative estimate of drug-likeness (QED) is 0.442. The van der Waals surface area contributed by atoms with E-state index in [0.717, 1.165) is 36.8 Å². The van der Waals surface area contributed by atoms with Crippen LogP contribution in [0.3, 0.4) is 0 Å². The van der Waals surface area contributed by atoms with Gasteiger partial charge in [-0.2, -0.15) is 4.89 Å². The lowest BCUT2D eigenvalue weighted by Gasteiger charge is -2.50. The maximum absolute atomic E-state index is 14.2. The Labute approximate surface area is 197 Å². The van der Waals surface area contributed by atoms with Gasteiger partial charge in [0.15, 0.2) is 5.60 Å². The van der Waals surface area contributed by atoms with Crippen molar-refractivity contribution in [3.8, 4) is 0 Å². The van der Waals surface area contributed by atoms with Gasteiger partial charge in [0, 0.05) is 12.0 Å². The average molecular weight is 452 g/mol. The van der Waals surface area contributed by atoms with Gasteiger partial charge in [-0.3, -0.25) is 4.79 Å². The number of unbranched alkanes of at least 4 members (excludes halogenated alkanes) is 3. The van der Waals surface area contributed by atoms with Gasteiger partial charge < -0.3 is 10.0 Å². The van der Waals surface area contributed by atoms with Crippen molar-refractivity contribution in [1.29, 1.82) is 0 Å². The first-order valence-corrected chi connectivity index (χ1v) is 12.2. The zero-order chi connectivity index (χ0) is 23.7. The Bertz CT molecular complexity index is 915. The van der Waals surface area contributed by atoms with Crippen LogP contribution in [0.4, 0.5) is 0 Å². The van der Waals surface area contributed by atoms with Crippen molar-refractivity contribution in [2.45, 2.75) is 83.1 Å².